The highest BCUT2D eigenvalue weighted by atomic mass is 32.2. The molecule has 0 saturated carbocycles. The minimum absolute atomic E-state index is 0.718. The van der Waals surface area contributed by atoms with Crippen LogP contribution in [0.5, 0.6) is 0 Å². The van der Waals surface area contributed by atoms with Crippen LogP contribution in [0, 0.1) is 5.92 Å². The van der Waals surface area contributed by atoms with Gasteiger partial charge in [-0.05, 0) is 12.3 Å². The van der Waals surface area contributed by atoms with E-state index in [1.165, 1.54) is 31.4 Å². The van der Waals surface area contributed by atoms with Crippen molar-refractivity contribution in [1.82, 2.24) is 4.90 Å². The molecule has 0 N–H and O–H groups in total. The topological polar surface area (TPSA) is 3.24 Å². The van der Waals surface area contributed by atoms with Crippen molar-refractivity contribution in [3.8, 4) is 0 Å². The summed E-state index contributed by atoms with van der Waals surface area (Å²) in [6.45, 7) is 7.95. The van der Waals surface area contributed by atoms with E-state index in [4.69, 9.17) is 12.2 Å². The number of thiocarbonyl (C=S) groups is 1. The van der Waals surface area contributed by atoms with Crippen molar-refractivity contribution in [2.45, 2.75) is 52.5 Å². The van der Waals surface area contributed by atoms with Crippen molar-refractivity contribution in [3.63, 3.8) is 0 Å². The first-order valence-electron chi connectivity index (χ1n) is 6.08. The molecule has 0 radical (unpaired) electrons. The standard InChI is InChI=1S/C12H23NS2/c1-4-5-6-7-11-9-15-12(14)13(11)8-10(2)3/h10-11H,4-9H2,1-3H3. The maximum Gasteiger partial charge on any atom is 0.136 e. The summed E-state index contributed by atoms with van der Waals surface area (Å²) in [6, 6.07) is 0.719. The molecular formula is C12H23NS2. The molecule has 0 amide bonds. The Balaban J connectivity index is 2.37. The lowest BCUT2D eigenvalue weighted by Gasteiger charge is -2.27. The normalized spacial score (nSPS) is 21.7. The summed E-state index contributed by atoms with van der Waals surface area (Å²) >= 11 is 7.27. The average Bonchev–Trinajstić information content (AvgIpc) is 2.49. The highest BCUT2D eigenvalue weighted by molar-refractivity contribution is 8.23. The number of hydrogen-bond donors (Lipinski definition) is 0. The van der Waals surface area contributed by atoms with Crippen molar-refractivity contribution < 1.29 is 0 Å². The van der Waals surface area contributed by atoms with Gasteiger partial charge in [0.25, 0.3) is 0 Å². The van der Waals surface area contributed by atoms with Gasteiger partial charge in [-0.3, -0.25) is 0 Å². The van der Waals surface area contributed by atoms with Crippen molar-refractivity contribution in [2.75, 3.05) is 12.3 Å². The zero-order chi connectivity index (χ0) is 11.3. The minimum atomic E-state index is 0.718. The van der Waals surface area contributed by atoms with Gasteiger partial charge in [-0.2, -0.15) is 0 Å². The van der Waals surface area contributed by atoms with Crippen LogP contribution in [0.2, 0.25) is 0 Å². The van der Waals surface area contributed by atoms with E-state index >= 15 is 0 Å². The number of unbranched alkanes of at least 4 members (excludes halogenated alkanes) is 2. The number of hydrogen-bond acceptors (Lipinski definition) is 2. The Morgan fingerprint density at radius 1 is 1.47 bits per heavy atom. The summed E-state index contributed by atoms with van der Waals surface area (Å²) in [5, 5.41) is 0. The number of nitrogens with zero attached hydrogens (tertiary/aromatic N) is 1. The fourth-order valence-corrected chi connectivity index (χ4v) is 3.47. The molecule has 88 valence electrons. The Bertz CT molecular complexity index is 204. The maximum atomic E-state index is 5.40. The quantitative estimate of drug-likeness (QED) is 0.516. The van der Waals surface area contributed by atoms with E-state index in [0.29, 0.717) is 0 Å². The fraction of sp³-hybridized carbons (Fsp3) is 0.917. The summed E-state index contributed by atoms with van der Waals surface area (Å²) in [5.41, 5.74) is 0. The Labute approximate surface area is 104 Å². The third kappa shape index (κ3) is 4.31. The molecule has 1 aliphatic rings. The molecule has 1 fully saturated rings. The molecule has 3 heteroatoms. The lowest BCUT2D eigenvalue weighted by Crippen LogP contribution is -2.35. The van der Waals surface area contributed by atoms with Gasteiger partial charge in [0.05, 0.1) is 0 Å². The smallest absolute Gasteiger partial charge is 0.136 e. The molecule has 0 aromatic rings. The van der Waals surface area contributed by atoms with E-state index < -0.39 is 0 Å². The number of thioether (sulfide) groups is 1. The highest BCUT2D eigenvalue weighted by Gasteiger charge is 2.28. The van der Waals surface area contributed by atoms with Crippen molar-refractivity contribution in [1.29, 1.82) is 0 Å². The minimum Gasteiger partial charge on any atom is -0.353 e. The molecule has 0 aromatic carbocycles. The predicted octanol–water partition coefficient (Wildman–Crippen LogP) is 3.93. The van der Waals surface area contributed by atoms with Crippen LogP contribution in [0.3, 0.4) is 0 Å². The first-order valence-corrected chi connectivity index (χ1v) is 7.48. The van der Waals surface area contributed by atoms with Crippen LogP contribution in [0.4, 0.5) is 0 Å². The van der Waals surface area contributed by atoms with E-state index in [2.05, 4.69) is 25.7 Å². The molecule has 0 aromatic heterocycles. The van der Waals surface area contributed by atoms with Crippen LogP contribution < -0.4 is 0 Å². The summed E-state index contributed by atoms with van der Waals surface area (Å²) in [5.74, 6) is 1.94. The number of rotatable bonds is 6. The third-order valence-corrected chi connectivity index (χ3v) is 4.40. The summed E-state index contributed by atoms with van der Waals surface area (Å²) in [4.78, 5) is 2.46. The van der Waals surface area contributed by atoms with Gasteiger partial charge in [0.1, 0.15) is 4.32 Å². The van der Waals surface area contributed by atoms with Crippen LogP contribution >= 0.6 is 24.0 Å². The van der Waals surface area contributed by atoms with Crippen LogP contribution in [0.1, 0.15) is 46.5 Å². The van der Waals surface area contributed by atoms with Crippen molar-refractivity contribution in [2.24, 2.45) is 5.92 Å². The average molecular weight is 245 g/mol. The first-order chi connectivity index (χ1) is 7.15. The van der Waals surface area contributed by atoms with Gasteiger partial charge in [-0.1, -0.05) is 64.0 Å². The van der Waals surface area contributed by atoms with Crippen LogP contribution in [0.15, 0.2) is 0 Å². The van der Waals surface area contributed by atoms with Gasteiger partial charge in [-0.25, -0.2) is 0 Å². The monoisotopic (exact) mass is 245 g/mol. The Kier molecular flexibility index (Phi) is 5.98. The molecule has 0 aliphatic carbocycles. The molecule has 1 saturated heterocycles. The molecule has 1 nitrogen and oxygen atoms in total. The second kappa shape index (κ2) is 6.74. The molecular weight excluding hydrogens is 222 g/mol. The Hall–Kier alpha value is 0.240. The Morgan fingerprint density at radius 2 is 2.20 bits per heavy atom. The SMILES string of the molecule is CCCCCC1CSC(=S)N1CC(C)C. The van der Waals surface area contributed by atoms with Crippen molar-refractivity contribution >= 4 is 28.3 Å². The fourth-order valence-electron chi connectivity index (χ4n) is 1.98. The molecule has 1 aliphatic heterocycles. The summed E-state index contributed by atoms with van der Waals surface area (Å²) in [6.07, 6.45) is 5.37. The largest absolute Gasteiger partial charge is 0.353 e. The van der Waals surface area contributed by atoms with E-state index in [0.717, 1.165) is 22.8 Å². The maximum absolute atomic E-state index is 5.40. The van der Waals surface area contributed by atoms with E-state index in [9.17, 15) is 0 Å². The van der Waals surface area contributed by atoms with Crippen molar-refractivity contribution in [3.05, 3.63) is 0 Å². The van der Waals surface area contributed by atoms with Gasteiger partial charge in [0.15, 0.2) is 0 Å². The molecule has 1 heterocycles. The van der Waals surface area contributed by atoms with Crippen LogP contribution in [-0.4, -0.2) is 27.6 Å². The summed E-state index contributed by atoms with van der Waals surface area (Å²) < 4.78 is 1.13. The Morgan fingerprint density at radius 3 is 2.80 bits per heavy atom. The van der Waals surface area contributed by atoms with E-state index in [-0.39, 0.29) is 0 Å². The van der Waals surface area contributed by atoms with Gasteiger partial charge in [-0.15, -0.1) is 0 Å². The molecule has 1 unspecified atom stereocenters. The predicted molar refractivity (Wildman–Crippen MR) is 74.5 cm³/mol. The van der Waals surface area contributed by atoms with Crippen LogP contribution in [0.25, 0.3) is 0 Å². The van der Waals surface area contributed by atoms with Gasteiger partial charge in [0.2, 0.25) is 0 Å². The van der Waals surface area contributed by atoms with E-state index in [1.807, 2.05) is 11.8 Å². The molecule has 0 bridgehead atoms. The molecule has 15 heavy (non-hydrogen) atoms. The van der Waals surface area contributed by atoms with Crippen LogP contribution in [-0.2, 0) is 0 Å². The second-order valence-electron chi connectivity index (χ2n) is 4.77. The molecule has 0 spiro atoms. The molecule has 1 atom stereocenters. The van der Waals surface area contributed by atoms with Gasteiger partial charge < -0.3 is 4.90 Å². The molecule has 1 rings (SSSR count). The highest BCUT2D eigenvalue weighted by Crippen LogP contribution is 2.28. The summed E-state index contributed by atoms with van der Waals surface area (Å²) in [7, 11) is 0. The first kappa shape index (κ1) is 13.3. The lowest BCUT2D eigenvalue weighted by molar-refractivity contribution is 0.298. The zero-order valence-corrected chi connectivity index (χ0v) is 11.8. The van der Waals surface area contributed by atoms with Gasteiger partial charge in [0, 0.05) is 18.3 Å². The zero-order valence-electron chi connectivity index (χ0n) is 10.2. The third-order valence-electron chi connectivity index (χ3n) is 2.78. The second-order valence-corrected chi connectivity index (χ2v) is 6.43. The van der Waals surface area contributed by atoms with E-state index in [1.54, 1.807) is 0 Å². The van der Waals surface area contributed by atoms with Gasteiger partial charge >= 0.3 is 0 Å². The lowest BCUT2D eigenvalue weighted by atomic mass is 10.1.